The number of pyridine rings is 1. The molecule has 0 aliphatic carbocycles. The maximum atomic E-state index is 13.0. The highest BCUT2D eigenvalue weighted by Gasteiger charge is 2.24. The maximum absolute atomic E-state index is 13.0. The third-order valence-corrected chi connectivity index (χ3v) is 4.95. The number of carbonyl (C=O) groups excluding carboxylic acids is 2. The lowest BCUT2D eigenvalue weighted by Crippen LogP contribution is -2.39. The van der Waals surface area contributed by atoms with Gasteiger partial charge < -0.3 is 15.0 Å². The second-order valence-electron chi connectivity index (χ2n) is 8.77. The topological polar surface area (TPSA) is 92.6 Å². The van der Waals surface area contributed by atoms with Crippen LogP contribution in [0.4, 0.5) is 22.1 Å². The first-order chi connectivity index (χ1) is 16.0. The van der Waals surface area contributed by atoms with E-state index in [0.29, 0.717) is 34.5 Å². The molecule has 0 saturated carbocycles. The molecule has 3 aromatic rings. The number of ether oxygens (including phenoxy) is 1. The predicted molar refractivity (Wildman–Crippen MR) is 134 cm³/mol. The number of rotatable bonds is 7. The van der Waals surface area contributed by atoms with Gasteiger partial charge in [0.15, 0.2) is 0 Å². The molecule has 0 aliphatic rings. The van der Waals surface area contributed by atoms with Crippen LogP contribution in [0.25, 0.3) is 0 Å². The van der Waals surface area contributed by atoms with Crippen molar-refractivity contribution in [3.05, 3.63) is 65.4 Å². The van der Waals surface area contributed by atoms with Crippen molar-refractivity contribution in [2.75, 3.05) is 35.8 Å². The van der Waals surface area contributed by atoms with Gasteiger partial charge in [0.2, 0.25) is 0 Å². The van der Waals surface area contributed by atoms with E-state index >= 15 is 0 Å². The van der Waals surface area contributed by atoms with E-state index in [2.05, 4.69) is 15.4 Å². The van der Waals surface area contributed by atoms with Gasteiger partial charge in [0.1, 0.15) is 17.2 Å². The lowest BCUT2D eigenvalue weighted by atomic mass is 10.1. The van der Waals surface area contributed by atoms with E-state index in [0.717, 1.165) is 0 Å². The molecule has 0 unspecified atom stereocenters. The molecule has 2 heterocycles. The smallest absolute Gasteiger partial charge is 0.416 e. The summed E-state index contributed by atoms with van der Waals surface area (Å²) in [6.07, 6.45) is 2.68. The third-order valence-electron chi connectivity index (χ3n) is 4.72. The molecule has 2 aromatic heterocycles. The van der Waals surface area contributed by atoms with Crippen LogP contribution in [0.3, 0.4) is 0 Å². The van der Waals surface area contributed by atoms with E-state index in [1.54, 1.807) is 80.3 Å². The molecule has 0 fully saturated rings. The summed E-state index contributed by atoms with van der Waals surface area (Å²) in [6.45, 7) is 5.96. The van der Waals surface area contributed by atoms with Gasteiger partial charge in [-0.05, 0) is 51.1 Å². The monoisotopic (exact) mass is 484 g/mol. The van der Waals surface area contributed by atoms with Crippen LogP contribution in [-0.2, 0) is 11.3 Å². The van der Waals surface area contributed by atoms with Crippen LogP contribution in [0.5, 0.6) is 0 Å². The van der Waals surface area contributed by atoms with Gasteiger partial charge in [0, 0.05) is 31.4 Å². The zero-order chi connectivity index (χ0) is 24.9. The highest BCUT2D eigenvalue weighted by Crippen LogP contribution is 2.24. The number of aromatic nitrogens is 3. The van der Waals surface area contributed by atoms with Gasteiger partial charge in [-0.15, -0.1) is 0 Å². The Morgan fingerprint density at radius 2 is 1.88 bits per heavy atom. The molecule has 1 N–H and O–H groups in total. The van der Waals surface area contributed by atoms with Crippen LogP contribution in [0.2, 0.25) is 5.02 Å². The van der Waals surface area contributed by atoms with Crippen molar-refractivity contribution >= 4 is 40.9 Å². The van der Waals surface area contributed by atoms with Gasteiger partial charge in [-0.25, -0.2) is 14.5 Å². The Hall–Kier alpha value is -3.59. The molecule has 34 heavy (non-hydrogen) atoms. The predicted octanol–water partition coefficient (Wildman–Crippen LogP) is 4.69. The second kappa shape index (κ2) is 10.6. The summed E-state index contributed by atoms with van der Waals surface area (Å²) >= 11 is 6.10. The number of amides is 2. The molecular formula is C24H29ClN6O3. The molecule has 180 valence electrons. The van der Waals surface area contributed by atoms with E-state index in [1.165, 1.54) is 4.90 Å². The molecule has 0 radical (unpaired) electrons. The summed E-state index contributed by atoms with van der Waals surface area (Å²) in [7, 11) is 3.69. The number of halogens is 1. The van der Waals surface area contributed by atoms with Crippen LogP contribution >= 0.6 is 11.6 Å². The van der Waals surface area contributed by atoms with Gasteiger partial charge >= 0.3 is 6.09 Å². The first-order valence-corrected chi connectivity index (χ1v) is 11.1. The number of carbonyl (C=O) groups is 2. The van der Waals surface area contributed by atoms with Gasteiger partial charge in [-0.2, -0.15) is 5.10 Å². The van der Waals surface area contributed by atoms with E-state index in [-0.39, 0.29) is 12.5 Å². The Bertz CT molecular complexity index is 1140. The van der Waals surface area contributed by atoms with E-state index < -0.39 is 11.7 Å². The van der Waals surface area contributed by atoms with Crippen molar-refractivity contribution in [2.24, 2.45) is 0 Å². The van der Waals surface area contributed by atoms with Gasteiger partial charge in [0.25, 0.3) is 5.91 Å². The first kappa shape index (κ1) is 25.0. The van der Waals surface area contributed by atoms with Gasteiger partial charge in [-0.1, -0.05) is 17.7 Å². The summed E-state index contributed by atoms with van der Waals surface area (Å²) in [5.41, 5.74) is 0.519. The Labute approximate surface area is 204 Å². The lowest BCUT2D eigenvalue weighted by Gasteiger charge is -2.27. The highest BCUT2D eigenvalue weighted by atomic mass is 35.5. The molecular weight excluding hydrogens is 456 g/mol. The summed E-state index contributed by atoms with van der Waals surface area (Å²) in [6, 6.07) is 12.1. The molecule has 9 nitrogen and oxygen atoms in total. The molecule has 0 aliphatic heterocycles. The van der Waals surface area contributed by atoms with Crippen molar-refractivity contribution in [3.63, 3.8) is 0 Å². The first-order valence-electron chi connectivity index (χ1n) is 10.8. The molecule has 2 amide bonds. The average molecular weight is 485 g/mol. The molecule has 10 heteroatoms. The number of hydrogen-bond acceptors (Lipinski definition) is 6. The van der Waals surface area contributed by atoms with Gasteiger partial charge in [-0.3, -0.25) is 9.69 Å². The maximum Gasteiger partial charge on any atom is 0.416 e. The van der Waals surface area contributed by atoms with Crippen LogP contribution in [0.1, 0.15) is 31.1 Å². The van der Waals surface area contributed by atoms with E-state index in [9.17, 15) is 9.59 Å². The van der Waals surface area contributed by atoms with Crippen molar-refractivity contribution in [1.29, 1.82) is 0 Å². The fraction of sp³-hybridized carbons (Fsp3) is 0.333. The van der Waals surface area contributed by atoms with Crippen molar-refractivity contribution in [1.82, 2.24) is 14.8 Å². The van der Waals surface area contributed by atoms with Crippen molar-refractivity contribution in [3.8, 4) is 0 Å². The van der Waals surface area contributed by atoms with E-state index in [4.69, 9.17) is 16.3 Å². The molecule has 1 aromatic carbocycles. The summed E-state index contributed by atoms with van der Waals surface area (Å²) < 4.78 is 7.17. The van der Waals surface area contributed by atoms with Crippen molar-refractivity contribution in [2.45, 2.75) is 32.9 Å². The number of anilines is 3. The molecule has 0 bridgehead atoms. The highest BCUT2D eigenvalue weighted by molar-refractivity contribution is 6.31. The number of hydrogen-bond donors (Lipinski definition) is 1. The van der Waals surface area contributed by atoms with Crippen LogP contribution < -0.4 is 15.1 Å². The van der Waals surface area contributed by atoms with Crippen LogP contribution in [-0.4, -0.2) is 53.0 Å². The van der Waals surface area contributed by atoms with E-state index in [1.807, 2.05) is 19.0 Å². The Balaban J connectivity index is 1.77. The standard InChI is InChI=1S/C24H29ClN6O3/c1-24(2,3)34-23(33)30(20-8-6-7-12-26-20)14-15-31-21(11-13-27-31)28-22(32)18-10-9-17(25)16-19(18)29(4)5/h6-13,16H,14-15H2,1-5H3,(H,28,32). The normalized spacial score (nSPS) is 11.1. The van der Waals surface area contributed by atoms with Crippen LogP contribution in [0, 0.1) is 0 Å². The quantitative estimate of drug-likeness (QED) is 0.523. The fourth-order valence-electron chi connectivity index (χ4n) is 3.19. The number of benzene rings is 1. The Morgan fingerprint density at radius 3 is 2.53 bits per heavy atom. The Kier molecular flexibility index (Phi) is 7.78. The molecule has 0 spiro atoms. The second-order valence-corrected chi connectivity index (χ2v) is 9.21. The SMILES string of the molecule is CN(C)c1cc(Cl)ccc1C(=O)Nc1ccnn1CCN(C(=O)OC(C)(C)C)c1ccccn1. The molecule has 3 rings (SSSR count). The zero-order valence-electron chi connectivity index (χ0n) is 19.9. The summed E-state index contributed by atoms with van der Waals surface area (Å²) in [5, 5.41) is 7.74. The zero-order valence-corrected chi connectivity index (χ0v) is 20.7. The Morgan fingerprint density at radius 1 is 1.12 bits per heavy atom. The van der Waals surface area contributed by atoms with Crippen molar-refractivity contribution < 1.29 is 14.3 Å². The molecule has 0 atom stereocenters. The lowest BCUT2D eigenvalue weighted by molar-refractivity contribution is 0.0577. The third kappa shape index (κ3) is 6.48. The number of nitrogens with zero attached hydrogens (tertiary/aromatic N) is 5. The minimum absolute atomic E-state index is 0.236. The number of nitrogens with one attached hydrogen (secondary N) is 1. The summed E-state index contributed by atoms with van der Waals surface area (Å²) in [4.78, 5) is 33.4. The summed E-state index contributed by atoms with van der Waals surface area (Å²) in [5.74, 6) is 0.664. The van der Waals surface area contributed by atoms with Gasteiger partial charge in [0.05, 0.1) is 30.5 Å². The molecule has 0 saturated heterocycles. The minimum Gasteiger partial charge on any atom is -0.443 e. The largest absolute Gasteiger partial charge is 0.443 e. The average Bonchev–Trinajstić information content (AvgIpc) is 3.20. The van der Waals surface area contributed by atoms with Crippen LogP contribution in [0.15, 0.2) is 54.9 Å². The minimum atomic E-state index is -0.655. The fourth-order valence-corrected chi connectivity index (χ4v) is 3.36.